The summed E-state index contributed by atoms with van der Waals surface area (Å²) in [6, 6.07) is 6.13. The van der Waals surface area contributed by atoms with Crippen LogP contribution in [0.5, 0.6) is 0 Å². The summed E-state index contributed by atoms with van der Waals surface area (Å²) >= 11 is 0. The molecule has 0 saturated heterocycles. The Balaban J connectivity index is 1.91. The van der Waals surface area contributed by atoms with Crippen LogP contribution < -0.4 is 0 Å². The fourth-order valence-corrected chi connectivity index (χ4v) is 2.52. The van der Waals surface area contributed by atoms with E-state index in [0.717, 1.165) is 19.3 Å². The first-order valence-corrected chi connectivity index (χ1v) is 6.26. The first-order valence-electron chi connectivity index (χ1n) is 6.26. The van der Waals surface area contributed by atoms with Gasteiger partial charge in [-0.2, -0.15) is 0 Å². The zero-order chi connectivity index (χ0) is 12.5. The number of fused-ring (bicyclic) bond motifs is 1. The van der Waals surface area contributed by atoms with Crippen LogP contribution in [-0.4, -0.2) is 5.11 Å². The monoisotopic (exact) mass is 246 g/mol. The van der Waals surface area contributed by atoms with Crippen LogP contribution in [0.2, 0.25) is 0 Å². The summed E-state index contributed by atoms with van der Waals surface area (Å²) in [5, 5.41) is 11.0. The molecule has 0 aliphatic heterocycles. The Labute approximate surface area is 105 Å². The van der Waals surface area contributed by atoms with Gasteiger partial charge in [0, 0.05) is 5.39 Å². The van der Waals surface area contributed by atoms with Crippen LogP contribution in [0.3, 0.4) is 0 Å². The second-order valence-corrected chi connectivity index (χ2v) is 4.82. The number of aliphatic hydroxyl groups is 1. The number of hydrogen-bond acceptors (Lipinski definition) is 2. The molecule has 1 aliphatic rings. The molecule has 1 heterocycles. The van der Waals surface area contributed by atoms with Gasteiger partial charge in [0.25, 0.3) is 0 Å². The zero-order valence-electron chi connectivity index (χ0n) is 9.97. The van der Waals surface area contributed by atoms with E-state index in [-0.39, 0.29) is 11.7 Å². The van der Waals surface area contributed by atoms with Crippen molar-refractivity contribution in [3.63, 3.8) is 0 Å². The standard InChI is InChI=1S/C15H15FO2/c16-12-6-7-13-11(8-12)9-14(18-13)15(17)10-4-2-1-3-5-10/h1-2,6-10,15,17H,3-5H2. The molecular weight excluding hydrogens is 231 g/mol. The Kier molecular flexibility index (Phi) is 2.92. The van der Waals surface area contributed by atoms with E-state index in [1.54, 1.807) is 12.1 Å². The predicted molar refractivity (Wildman–Crippen MR) is 67.6 cm³/mol. The fraction of sp³-hybridized carbons (Fsp3) is 0.333. The van der Waals surface area contributed by atoms with Gasteiger partial charge in [-0.3, -0.25) is 0 Å². The molecule has 1 aromatic heterocycles. The van der Waals surface area contributed by atoms with Gasteiger partial charge < -0.3 is 9.52 Å². The van der Waals surface area contributed by atoms with Crippen molar-refractivity contribution in [1.29, 1.82) is 0 Å². The van der Waals surface area contributed by atoms with Crippen molar-refractivity contribution in [2.24, 2.45) is 5.92 Å². The number of halogens is 1. The van der Waals surface area contributed by atoms with Gasteiger partial charge in [-0.25, -0.2) is 4.39 Å². The zero-order valence-corrected chi connectivity index (χ0v) is 9.97. The first kappa shape index (κ1) is 11.5. The molecule has 2 unspecified atom stereocenters. The lowest BCUT2D eigenvalue weighted by atomic mass is 9.88. The number of allylic oxidation sites excluding steroid dienone is 2. The maximum absolute atomic E-state index is 13.1. The van der Waals surface area contributed by atoms with Gasteiger partial charge >= 0.3 is 0 Å². The molecule has 2 aromatic rings. The molecule has 1 N–H and O–H groups in total. The molecule has 0 saturated carbocycles. The van der Waals surface area contributed by atoms with Crippen LogP contribution in [0.4, 0.5) is 4.39 Å². The summed E-state index contributed by atoms with van der Waals surface area (Å²) in [6.07, 6.45) is 6.45. The quantitative estimate of drug-likeness (QED) is 0.813. The number of hydrogen-bond donors (Lipinski definition) is 1. The second-order valence-electron chi connectivity index (χ2n) is 4.82. The highest BCUT2D eigenvalue weighted by Gasteiger charge is 2.24. The lowest BCUT2D eigenvalue weighted by Gasteiger charge is -2.21. The van der Waals surface area contributed by atoms with Crippen LogP contribution in [0.1, 0.15) is 31.1 Å². The van der Waals surface area contributed by atoms with Crippen molar-refractivity contribution < 1.29 is 13.9 Å². The number of rotatable bonds is 2. The van der Waals surface area contributed by atoms with Crippen LogP contribution in [0, 0.1) is 11.7 Å². The largest absolute Gasteiger partial charge is 0.458 e. The van der Waals surface area contributed by atoms with Crippen LogP contribution in [0.25, 0.3) is 11.0 Å². The SMILES string of the molecule is OC(c1cc2cc(F)ccc2o1)C1CC=CCC1. The minimum absolute atomic E-state index is 0.195. The van der Waals surface area contributed by atoms with E-state index in [0.29, 0.717) is 16.7 Å². The third kappa shape index (κ3) is 2.06. The van der Waals surface area contributed by atoms with Gasteiger partial charge in [-0.1, -0.05) is 12.2 Å². The lowest BCUT2D eigenvalue weighted by molar-refractivity contribution is 0.0824. The highest BCUT2D eigenvalue weighted by Crippen LogP contribution is 2.34. The van der Waals surface area contributed by atoms with Gasteiger partial charge in [0.15, 0.2) is 0 Å². The van der Waals surface area contributed by atoms with E-state index in [4.69, 9.17) is 4.42 Å². The normalized spacial score (nSPS) is 21.3. The molecule has 94 valence electrons. The predicted octanol–water partition coefficient (Wildman–Crippen LogP) is 3.96. The smallest absolute Gasteiger partial charge is 0.134 e. The van der Waals surface area contributed by atoms with E-state index in [1.165, 1.54) is 12.1 Å². The number of aliphatic hydroxyl groups excluding tert-OH is 1. The van der Waals surface area contributed by atoms with Crippen LogP contribution >= 0.6 is 0 Å². The van der Waals surface area contributed by atoms with Crippen molar-refractivity contribution in [3.05, 3.63) is 48.0 Å². The Morgan fingerprint density at radius 2 is 2.17 bits per heavy atom. The minimum atomic E-state index is -0.606. The highest BCUT2D eigenvalue weighted by molar-refractivity contribution is 5.77. The maximum atomic E-state index is 13.1. The molecule has 3 heteroatoms. The third-order valence-corrected chi connectivity index (χ3v) is 3.55. The van der Waals surface area contributed by atoms with Gasteiger partial charge in [0.2, 0.25) is 0 Å². The average molecular weight is 246 g/mol. The lowest BCUT2D eigenvalue weighted by Crippen LogP contribution is -2.13. The topological polar surface area (TPSA) is 33.4 Å². The summed E-state index contributed by atoms with van der Waals surface area (Å²) in [5.74, 6) is 0.446. The Hall–Kier alpha value is -1.61. The van der Waals surface area contributed by atoms with E-state index >= 15 is 0 Å². The highest BCUT2D eigenvalue weighted by atomic mass is 19.1. The summed E-state index contributed by atoms with van der Waals surface area (Å²) in [5.41, 5.74) is 0.622. The summed E-state index contributed by atoms with van der Waals surface area (Å²) in [4.78, 5) is 0. The minimum Gasteiger partial charge on any atom is -0.458 e. The number of benzene rings is 1. The molecule has 2 nitrogen and oxygen atoms in total. The van der Waals surface area contributed by atoms with E-state index < -0.39 is 6.10 Å². The molecule has 0 fully saturated rings. The molecule has 3 rings (SSSR count). The average Bonchev–Trinajstić information content (AvgIpc) is 2.81. The molecule has 18 heavy (non-hydrogen) atoms. The molecular formula is C15H15FO2. The Morgan fingerprint density at radius 1 is 1.28 bits per heavy atom. The summed E-state index contributed by atoms with van der Waals surface area (Å²) in [6.45, 7) is 0. The van der Waals surface area contributed by atoms with E-state index in [2.05, 4.69) is 12.2 Å². The third-order valence-electron chi connectivity index (χ3n) is 3.55. The van der Waals surface area contributed by atoms with E-state index in [9.17, 15) is 9.50 Å². The molecule has 0 bridgehead atoms. The van der Waals surface area contributed by atoms with Crippen molar-refractivity contribution in [2.75, 3.05) is 0 Å². The second kappa shape index (κ2) is 4.58. The molecule has 0 amide bonds. The first-order chi connectivity index (χ1) is 8.74. The van der Waals surface area contributed by atoms with Gasteiger partial charge in [-0.05, 0) is 49.4 Å². The van der Waals surface area contributed by atoms with Crippen LogP contribution in [-0.2, 0) is 0 Å². The van der Waals surface area contributed by atoms with Crippen molar-refractivity contribution in [3.8, 4) is 0 Å². The molecule has 1 aromatic carbocycles. The molecule has 0 spiro atoms. The van der Waals surface area contributed by atoms with Gasteiger partial charge in [-0.15, -0.1) is 0 Å². The fourth-order valence-electron chi connectivity index (χ4n) is 2.52. The van der Waals surface area contributed by atoms with Gasteiger partial charge in [0.1, 0.15) is 23.3 Å². The maximum Gasteiger partial charge on any atom is 0.134 e. The van der Waals surface area contributed by atoms with Crippen molar-refractivity contribution >= 4 is 11.0 Å². The molecule has 0 radical (unpaired) electrons. The van der Waals surface area contributed by atoms with Gasteiger partial charge in [0.05, 0.1) is 0 Å². The molecule has 2 atom stereocenters. The molecule has 1 aliphatic carbocycles. The van der Waals surface area contributed by atoms with E-state index in [1.807, 2.05) is 0 Å². The summed E-state index contributed by atoms with van der Waals surface area (Å²) in [7, 11) is 0. The van der Waals surface area contributed by atoms with Crippen LogP contribution in [0.15, 0.2) is 40.8 Å². The summed E-state index contributed by atoms with van der Waals surface area (Å²) < 4.78 is 18.7. The Bertz CT molecular complexity index is 585. The Morgan fingerprint density at radius 3 is 2.94 bits per heavy atom. The number of furan rings is 1. The van der Waals surface area contributed by atoms with Crippen molar-refractivity contribution in [2.45, 2.75) is 25.4 Å². The van der Waals surface area contributed by atoms with Crippen molar-refractivity contribution in [1.82, 2.24) is 0 Å².